The van der Waals surface area contributed by atoms with Crippen LogP contribution < -0.4 is 25.5 Å². The normalized spacial score (nSPS) is 16.5. The van der Waals surface area contributed by atoms with Gasteiger partial charge in [0.05, 0.1) is 11.4 Å². The fourth-order valence-electron chi connectivity index (χ4n) is 10.9. The Bertz CT molecular complexity index is 3090. The highest BCUT2D eigenvalue weighted by atomic mass is 32.1. The Morgan fingerprint density at radius 1 is 0.530 bits per heavy atom. The molecule has 0 spiro atoms. The van der Waals surface area contributed by atoms with Gasteiger partial charge in [-0.1, -0.05) is 171 Å². The molecule has 0 fully saturated rings. The van der Waals surface area contributed by atoms with Gasteiger partial charge in [0.25, 0.3) is 6.71 Å². The van der Waals surface area contributed by atoms with Crippen LogP contribution in [0.1, 0.15) is 157 Å². The third-order valence-electron chi connectivity index (χ3n) is 15.3. The Balaban J connectivity index is 1.30. The van der Waals surface area contributed by atoms with Crippen LogP contribution in [0.2, 0.25) is 0 Å². The standard InChI is InChI=1S/C60H69BN4S/c1-55(2,3)37-19-17-36(18-20-37)43-31-38(56(4,5)6)23-28-47(43)65-48-32-39(57(7,8)9)22-27-46(48)61-50-53(62-35-63-54(50)65)64(41-24-26-44-45(34-41)60(15,16)30-29-59(44,13)14)51-42-25-21-40(58(10,11)12)33-49(42)66-52(51)61/h17-28,31-35H,29-30H2,1-16H3. The molecule has 0 N–H and O–H groups in total. The maximum atomic E-state index is 5.42. The number of thiophene rings is 1. The zero-order valence-corrected chi connectivity index (χ0v) is 43.3. The van der Waals surface area contributed by atoms with Crippen LogP contribution in [-0.4, -0.2) is 16.7 Å². The second-order valence-corrected chi connectivity index (χ2v) is 26.2. The molecule has 10 rings (SSSR count). The monoisotopic (exact) mass is 889 g/mol. The molecule has 66 heavy (non-hydrogen) atoms. The van der Waals surface area contributed by atoms with Gasteiger partial charge in [-0.25, -0.2) is 9.97 Å². The van der Waals surface area contributed by atoms with Crippen molar-refractivity contribution < 1.29 is 0 Å². The number of hydrogen-bond acceptors (Lipinski definition) is 5. The first kappa shape index (κ1) is 44.6. The van der Waals surface area contributed by atoms with E-state index in [4.69, 9.17) is 9.97 Å². The number of nitrogens with zero attached hydrogens (tertiary/aromatic N) is 4. The average molecular weight is 889 g/mol. The van der Waals surface area contributed by atoms with Crippen molar-refractivity contribution in [2.75, 3.05) is 9.80 Å². The predicted molar refractivity (Wildman–Crippen MR) is 287 cm³/mol. The first-order chi connectivity index (χ1) is 30.7. The molecule has 6 heteroatoms. The SMILES string of the molecule is CC(C)(C)c1ccc(-c2cc(C(C)(C)C)ccc2N2c3cc(C(C)(C)C)ccc3B3c4sc5cc(C(C)(C)C)ccc5c4N(c4ccc5c(c4)C(C)(C)CCC5(C)C)c4ncnc2c43)cc1. The fourth-order valence-corrected chi connectivity index (χ4v) is 12.2. The van der Waals surface area contributed by atoms with E-state index in [9.17, 15) is 0 Å². The van der Waals surface area contributed by atoms with Crippen molar-refractivity contribution in [1.82, 2.24) is 9.97 Å². The van der Waals surface area contributed by atoms with Gasteiger partial charge >= 0.3 is 0 Å². The molecule has 4 heterocycles. The third-order valence-corrected chi connectivity index (χ3v) is 16.5. The number of benzene rings is 5. The van der Waals surface area contributed by atoms with Gasteiger partial charge in [0, 0.05) is 37.3 Å². The maximum Gasteiger partial charge on any atom is 0.268 e. The summed E-state index contributed by atoms with van der Waals surface area (Å²) in [7, 11) is 0. The Labute approximate surface area is 400 Å². The van der Waals surface area contributed by atoms with Gasteiger partial charge in [-0.05, 0) is 126 Å². The van der Waals surface area contributed by atoms with E-state index in [0.29, 0.717) is 0 Å². The van der Waals surface area contributed by atoms with Crippen molar-refractivity contribution >= 4 is 78.2 Å². The highest BCUT2D eigenvalue weighted by Gasteiger charge is 2.48. The van der Waals surface area contributed by atoms with Gasteiger partial charge in [0.1, 0.15) is 18.0 Å². The molecule has 0 bridgehead atoms. The minimum absolute atomic E-state index is 0.0193. The van der Waals surface area contributed by atoms with Crippen molar-refractivity contribution in [3.8, 4) is 11.1 Å². The van der Waals surface area contributed by atoms with E-state index < -0.39 is 0 Å². The van der Waals surface area contributed by atoms with Crippen LogP contribution in [0.15, 0.2) is 103 Å². The second-order valence-electron chi connectivity index (χ2n) is 25.1. The molecule has 7 aromatic rings. The van der Waals surface area contributed by atoms with Gasteiger partial charge in [-0.3, -0.25) is 9.80 Å². The lowest BCUT2D eigenvalue weighted by Gasteiger charge is -2.44. The van der Waals surface area contributed by atoms with Crippen molar-refractivity contribution in [3.63, 3.8) is 0 Å². The van der Waals surface area contributed by atoms with Crippen molar-refractivity contribution in [2.45, 2.75) is 156 Å². The molecule has 0 saturated carbocycles. The number of aromatic nitrogens is 2. The first-order valence-corrected chi connectivity index (χ1v) is 25.1. The molecule has 0 amide bonds. The molecule has 2 aliphatic heterocycles. The second kappa shape index (κ2) is 14.7. The number of fused-ring (bicyclic) bond motifs is 7. The van der Waals surface area contributed by atoms with Crippen LogP contribution in [0.4, 0.5) is 34.4 Å². The topological polar surface area (TPSA) is 32.3 Å². The van der Waals surface area contributed by atoms with Crippen LogP contribution in [0, 0.1) is 0 Å². The van der Waals surface area contributed by atoms with E-state index in [0.717, 1.165) is 34.9 Å². The van der Waals surface area contributed by atoms with Crippen LogP contribution in [0.25, 0.3) is 21.2 Å². The highest BCUT2D eigenvalue weighted by molar-refractivity contribution is 7.33. The fraction of sp³-hybridized carbons (Fsp3) is 0.400. The van der Waals surface area contributed by atoms with Crippen molar-refractivity contribution in [3.05, 3.63) is 137 Å². The minimum Gasteiger partial charge on any atom is -0.295 e. The van der Waals surface area contributed by atoms with Crippen LogP contribution >= 0.6 is 11.3 Å². The Morgan fingerprint density at radius 2 is 1.08 bits per heavy atom. The summed E-state index contributed by atoms with van der Waals surface area (Å²) in [6, 6.07) is 38.2. The number of anilines is 6. The molecule has 0 saturated heterocycles. The molecule has 0 unspecified atom stereocenters. The zero-order chi connectivity index (χ0) is 47.3. The summed E-state index contributed by atoms with van der Waals surface area (Å²) >= 11 is 1.96. The van der Waals surface area contributed by atoms with Crippen LogP contribution in [-0.2, 0) is 32.5 Å². The van der Waals surface area contributed by atoms with E-state index in [2.05, 4.69) is 218 Å². The lowest BCUT2D eigenvalue weighted by molar-refractivity contribution is 0.332. The summed E-state index contributed by atoms with van der Waals surface area (Å²) in [5.41, 5.74) is 17.9. The van der Waals surface area contributed by atoms with Gasteiger partial charge in [-0.15, -0.1) is 11.3 Å². The lowest BCUT2D eigenvalue weighted by atomic mass is 9.36. The van der Waals surface area contributed by atoms with Gasteiger partial charge in [0.2, 0.25) is 0 Å². The van der Waals surface area contributed by atoms with Gasteiger partial charge in [0.15, 0.2) is 0 Å². The van der Waals surface area contributed by atoms with E-state index in [1.165, 1.54) is 82.6 Å². The zero-order valence-electron chi connectivity index (χ0n) is 42.5. The molecule has 3 aliphatic rings. The minimum atomic E-state index is -0.0657. The molecule has 0 atom stereocenters. The molecular weight excluding hydrogens is 820 g/mol. The van der Waals surface area contributed by atoms with Crippen molar-refractivity contribution in [2.24, 2.45) is 0 Å². The first-order valence-electron chi connectivity index (χ1n) is 24.3. The number of rotatable bonds is 3. The summed E-state index contributed by atoms with van der Waals surface area (Å²) in [5.74, 6) is 1.91. The number of hydrogen-bond donors (Lipinski definition) is 0. The molecule has 2 aromatic heterocycles. The summed E-state index contributed by atoms with van der Waals surface area (Å²) in [4.78, 5) is 15.8. The van der Waals surface area contributed by atoms with Gasteiger partial charge in [-0.2, -0.15) is 0 Å². The van der Waals surface area contributed by atoms with Crippen LogP contribution in [0.3, 0.4) is 0 Å². The summed E-state index contributed by atoms with van der Waals surface area (Å²) < 4.78 is 2.66. The van der Waals surface area contributed by atoms with E-state index in [1.54, 1.807) is 0 Å². The molecule has 4 nitrogen and oxygen atoms in total. The Hall–Kier alpha value is -5.20. The van der Waals surface area contributed by atoms with Gasteiger partial charge < -0.3 is 0 Å². The summed E-state index contributed by atoms with van der Waals surface area (Å²) in [6.45, 7) is 37.4. The Morgan fingerprint density at radius 3 is 1.71 bits per heavy atom. The molecule has 5 aromatic carbocycles. The summed E-state index contributed by atoms with van der Waals surface area (Å²) in [6.07, 6.45) is 4.16. The molecule has 338 valence electrons. The molecular formula is C60H69BN4S. The quantitative estimate of drug-likeness (QED) is 0.165. The third kappa shape index (κ3) is 7.15. The van der Waals surface area contributed by atoms with Crippen LogP contribution in [0.5, 0.6) is 0 Å². The highest BCUT2D eigenvalue weighted by Crippen LogP contribution is 2.52. The lowest BCUT2D eigenvalue weighted by Crippen LogP contribution is -2.61. The van der Waals surface area contributed by atoms with Crippen molar-refractivity contribution in [1.29, 1.82) is 0 Å². The molecule has 1 aliphatic carbocycles. The molecule has 0 radical (unpaired) electrons. The maximum absolute atomic E-state index is 5.42. The summed E-state index contributed by atoms with van der Waals surface area (Å²) in [5, 5.41) is 1.28. The largest absolute Gasteiger partial charge is 0.295 e. The Kier molecular flexibility index (Phi) is 9.91. The smallest absolute Gasteiger partial charge is 0.268 e. The van der Waals surface area contributed by atoms with E-state index >= 15 is 0 Å². The predicted octanol–water partition coefficient (Wildman–Crippen LogP) is 15.0. The van der Waals surface area contributed by atoms with E-state index in [1.807, 2.05) is 17.7 Å². The average Bonchev–Trinajstić information content (AvgIpc) is 3.62. The van der Waals surface area contributed by atoms with E-state index in [-0.39, 0.29) is 39.2 Å².